The molecule has 16 heavy (non-hydrogen) atoms. The summed E-state index contributed by atoms with van der Waals surface area (Å²) >= 11 is 0. The summed E-state index contributed by atoms with van der Waals surface area (Å²) in [5, 5.41) is 19.7. The minimum Gasteiger partial charge on any atom is -0.390 e. The van der Waals surface area contributed by atoms with Crippen molar-refractivity contribution in [2.45, 2.75) is 38.5 Å². The molecule has 2 N–H and O–H groups in total. The number of benzene rings is 1. The average Bonchev–Trinajstić information content (AvgIpc) is 2.28. The second-order valence-electron chi connectivity index (χ2n) is 4.03. The smallest absolute Gasteiger partial charge is 0.111 e. The Labute approximate surface area is 99.5 Å². The van der Waals surface area contributed by atoms with E-state index >= 15 is 0 Å². The van der Waals surface area contributed by atoms with E-state index in [-0.39, 0.29) is 6.61 Å². The van der Waals surface area contributed by atoms with Gasteiger partial charge < -0.3 is 14.9 Å². The van der Waals surface area contributed by atoms with Crippen LogP contribution in [0.2, 0.25) is 0 Å². The van der Waals surface area contributed by atoms with Gasteiger partial charge in [0.2, 0.25) is 0 Å². The fourth-order valence-electron chi connectivity index (χ4n) is 1.34. The maximum atomic E-state index is 9.98. The van der Waals surface area contributed by atoms with Crippen LogP contribution in [0.1, 0.15) is 28.5 Å². The first-order valence-corrected chi connectivity index (χ1v) is 5.25. The third kappa shape index (κ3) is 3.93. The number of hydrogen-bond acceptors (Lipinski definition) is 3. The number of hydrogen-bond donors (Lipinski definition) is 2. The topological polar surface area (TPSA) is 49.7 Å². The first-order valence-electron chi connectivity index (χ1n) is 6.25. The van der Waals surface area contributed by atoms with E-state index in [2.05, 4.69) is 0 Å². The molecule has 0 amide bonds. The predicted molar refractivity (Wildman–Crippen MR) is 63.0 cm³/mol. The predicted octanol–water partition coefficient (Wildman–Crippen LogP) is 1.73. The highest BCUT2D eigenvalue weighted by atomic mass is 16.5. The summed E-state index contributed by atoms with van der Waals surface area (Å²) in [6, 6.07) is 9.45. The highest BCUT2D eigenvalue weighted by Gasteiger charge is 2.29. The second-order valence-corrected chi connectivity index (χ2v) is 4.03. The van der Waals surface area contributed by atoms with Crippen LogP contribution in [-0.2, 0) is 11.3 Å². The van der Waals surface area contributed by atoms with Gasteiger partial charge in [-0.2, -0.15) is 0 Å². The van der Waals surface area contributed by atoms with Gasteiger partial charge in [-0.15, -0.1) is 0 Å². The van der Waals surface area contributed by atoms with E-state index in [0.717, 1.165) is 5.56 Å². The van der Waals surface area contributed by atoms with Crippen LogP contribution in [0.25, 0.3) is 0 Å². The number of aliphatic hydroxyl groups excluding tert-OH is 1. The molecule has 0 aliphatic rings. The van der Waals surface area contributed by atoms with Gasteiger partial charge in [0.05, 0.1) is 19.3 Å². The summed E-state index contributed by atoms with van der Waals surface area (Å²) in [6.07, 6.45) is -3.37. The molecule has 3 nitrogen and oxygen atoms in total. The zero-order valence-corrected chi connectivity index (χ0v) is 9.68. The number of aliphatic hydroxyl groups is 2. The Balaban J connectivity index is 2.47. The second kappa shape index (κ2) is 5.99. The van der Waals surface area contributed by atoms with Crippen molar-refractivity contribution < 1.29 is 17.7 Å². The maximum absolute atomic E-state index is 9.98. The van der Waals surface area contributed by atoms with Crippen LogP contribution < -0.4 is 0 Å². The zero-order chi connectivity index (χ0) is 13.8. The molecule has 0 spiro atoms. The lowest BCUT2D eigenvalue weighted by Crippen LogP contribution is -2.43. The molecule has 0 saturated carbocycles. The van der Waals surface area contributed by atoms with Crippen LogP contribution in [0.15, 0.2) is 30.3 Å². The van der Waals surface area contributed by atoms with Crippen molar-refractivity contribution in [3.63, 3.8) is 0 Å². The van der Waals surface area contributed by atoms with Gasteiger partial charge in [-0.05, 0) is 18.9 Å². The maximum Gasteiger partial charge on any atom is 0.111 e. The van der Waals surface area contributed by atoms with Gasteiger partial charge in [0.15, 0.2) is 0 Å². The first kappa shape index (κ1) is 10.3. The fourth-order valence-corrected chi connectivity index (χ4v) is 1.34. The minimum absolute atomic E-state index is 0.129. The normalized spacial score (nSPS) is 19.5. The lowest BCUT2D eigenvalue weighted by Gasteiger charge is -2.28. The van der Waals surface area contributed by atoms with Gasteiger partial charge in [-0.25, -0.2) is 0 Å². The molecule has 2 atom stereocenters. The van der Waals surface area contributed by atoms with E-state index in [1.807, 2.05) is 30.3 Å². The number of rotatable bonds is 6. The van der Waals surface area contributed by atoms with Crippen molar-refractivity contribution in [2.24, 2.45) is 0 Å². The standard InChI is InChI=1S/C13H20O3/c1-3-12(14)13(2,15)10-16-9-11-7-5-4-6-8-11/h4-8,12,14-15H,3,9-10H2,1-2H3/t12-,13+/m1/s1/i3D2. The Hall–Kier alpha value is -0.900. The van der Waals surface area contributed by atoms with Gasteiger partial charge in [0.1, 0.15) is 5.60 Å². The molecule has 0 aromatic heterocycles. The van der Waals surface area contributed by atoms with E-state index in [1.165, 1.54) is 13.8 Å². The molecule has 0 bridgehead atoms. The Kier molecular flexibility index (Phi) is 3.84. The number of ether oxygens (including phenoxy) is 1. The van der Waals surface area contributed by atoms with Gasteiger partial charge >= 0.3 is 0 Å². The lowest BCUT2D eigenvalue weighted by molar-refractivity contribution is -0.113. The van der Waals surface area contributed by atoms with Gasteiger partial charge in [0, 0.05) is 2.74 Å². The quantitative estimate of drug-likeness (QED) is 0.776. The van der Waals surface area contributed by atoms with Gasteiger partial charge in [-0.3, -0.25) is 0 Å². The van der Waals surface area contributed by atoms with Crippen LogP contribution in [0.4, 0.5) is 0 Å². The molecule has 0 saturated heterocycles. The summed E-state index contributed by atoms with van der Waals surface area (Å²) in [6.45, 7) is 2.78. The molecule has 0 fully saturated rings. The molecule has 0 unspecified atom stereocenters. The molecular formula is C13H20O3. The fraction of sp³-hybridized carbons (Fsp3) is 0.538. The Morgan fingerprint density at radius 1 is 1.44 bits per heavy atom. The van der Waals surface area contributed by atoms with Crippen LogP contribution in [0.5, 0.6) is 0 Å². The molecule has 3 heteroatoms. The molecule has 1 aromatic carbocycles. The summed E-state index contributed by atoms with van der Waals surface area (Å²) in [4.78, 5) is 0. The van der Waals surface area contributed by atoms with Crippen molar-refractivity contribution in [1.29, 1.82) is 0 Å². The summed E-state index contributed by atoms with van der Waals surface area (Å²) in [7, 11) is 0. The van der Waals surface area contributed by atoms with Crippen LogP contribution >= 0.6 is 0 Å². The molecule has 90 valence electrons. The SMILES string of the molecule is [2H]C([2H])(C)[C@@H](O)[C@@](C)(O)COCc1ccccc1. The van der Waals surface area contributed by atoms with Gasteiger partial charge in [-0.1, -0.05) is 37.3 Å². The van der Waals surface area contributed by atoms with Crippen molar-refractivity contribution in [2.75, 3.05) is 6.61 Å². The zero-order valence-electron chi connectivity index (χ0n) is 11.7. The van der Waals surface area contributed by atoms with Crippen LogP contribution in [-0.4, -0.2) is 28.5 Å². The summed E-state index contributed by atoms with van der Waals surface area (Å²) in [5.74, 6) is 0. The molecule has 0 aliphatic carbocycles. The monoisotopic (exact) mass is 226 g/mol. The van der Waals surface area contributed by atoms with Crippen molar-refractivity contribution >= 4 is 0 Å². The van der Waals surface area contributed by atoms with E-state index < -0.39 is 18.1 Å². The highest BCUT2D eigenvalue weighted by Crippen LogP contribution is 2.14. The summed E-state index contributed by atoms with van der Waals surface area (Å²) in [5.41, 5.74) is -0.658. The molecule has 0 aliphatic heterocycles. The third-order valence-corrected chi connectivity index (χ3v) is 2.37. The molecule has 0 radical (unpaired) electrons. The molecular weight excluding hydrogens is 204 g/mol. The van der Waals surface area contributed by atoms with E-state index in [4.69, 9.17) is 7.48 Å². The Morgan fingerprint density at radius 2 is 2.06 bits per heavy atom. The van der Waals surface area contributed by atoms with Crippen LogP contribution in [0, 0.1) is 0 Å². The van der Waals surface area contributed by atoms with Crippen LogP contribution in [0.3, 0.4) is 0 Å². The Bertz CT molecular complexity index is 360. The van der Waals surface area contributed by atoms with Crippen molar-refractivity contribution in [3.05, 3.63) is 35.9 Å². The van der Waals surface area contributed by atoms with Crippen molar-refractivity contribution in [1.82, 2.24) is 0 Å². The van der Waals surface area contributed by atoms with E-state index in [0.29, 0.717) is 6.61 Å². The average molecular weight is 226 g/mol. The molecule has 1 rings (SSSR count). The van der Waals surface area contributed by atoms with Gasteiger partial charge in [0.25, 0.3) is 0 Å². The van der Waals surface area contributed by atoms with E-state index in [9.17, 15) is 10.2 Å². The first-order chi connectivity index (χ1) is 8.23. The largest absolute Gasteiger partial charge is 0.390 e. The highest BCUT2D eigenvalue weighted by molar-refractivity contribution is 5.13. The third-order valence-electron chi connectivity index (χ3n) is 2.37. The molecule has 1 aromatic rings. The van der Waals surface area contributed by atoms with E-state index in [1.54, 1.807) is 0 Å². The lowest BCUT2D eigenvalue weighted by atomic mass is 9.98. The van der Waals surface area contributed by atoms with Crippen molar-refractivity contribution in [3.8, 4) is 0 Å². The Morgan fingerprint density at radius 3 is 2.62 bits per heavy atom. The molecule has 0 heterocycles. The minimum atomic E-state index is -1.88. The summed E-state index contributed by atoms with van der Waals surface area (Å²) < 4.78 is 20.1.